The lowest BCUT2D eigenvalue weighted by atomic mass is 9.89. The predicted molar refractivity (Wildman–Crippen MR) is 81.8 cm³/mol. The van der Waals surface area contributed by atoms with Gasteiger partial charge in [0.05, 0.1) is 18.5 Å². The van der Waals surface area contributed by atoms with Crippen molar-refractivity contribution in [2.75, 3.05) is 30.8 Å². The molecule has 0 saturated carbocycles. The fourth-order valence-electron chi connectivity index (χ4n) is 3.02. The number of nitrogens with two attached hydrogens (primary N) is 1. The quantitative estimate of drug-likeness (QED) is 0.858. The third-order valence-electron chi connectivity index (χ3n) is 4.36. The summed E-state index contributed by atoms with van der Waals surface area (Å²) in [6.45, 7) is 6.52. The van der Waals surface area contributed by atoms with Gasteiger partial charge in [-0.3, -0.25) is 0 Å². The summed E-state index contributed by atoms with van der Waals surface area (Å²) in [5, 5.41) is 0. The molecule has 3 nitrogen and oxygen atoms in total. The summed E-state index contributed by atoms with van der Waals surface area (Å²) in [4.78, 5) is 2.26. The van der Waals surface area contributed by atoms with Gasteiger partial charge in [0, 0.05) is 25.2 Å². The van der Waals surface area contributed by atoms with Crippen LogP contribution >= 0.6 is 0 Å². The molecule has 1 unspecified atom stereocenters. The monoisotopic (exact) mass is 280 g/mol. The number of hydrogen-bond acceptors (Lipinski definition) is 3. The van der Waals surface area contributed by atoms with Crippen LogP contribution in [0.25, 0.3) is 0 Å². The van der Waals surface area contributed by atoms with Gasteiger partial charge < -0.3 is 15.4 Å². The number of ether oxygens (including phenoxy) is 1. The topological polar surface area (TPSA) is 38.5 Å². The summed E-state index contributed by atoms with van der Waals surface area (Å²) in [6.07, 6.45) is 3.57. The largest absolute Gasteiger partial charge is 0.494 e. The van der Waals surface area contributed by atoms with Crippen LogP contribution in [-0.2, 0) is 0 Å². The number of rotatable bonds is 3. The molecule has 2 rings (SSSR count). The zero-order valence-corrected chi connectivity index (χ0v) is 12.7. The fourth-order valence-corrected chi connectivity index (χ4v) is 3.02. The molecule has 112 valence electrons. The van der Waals surface area contributed by atoms with E-state index in [2.05, 4.69) is 18.7 Å². The van der Waals surface area contributed by atoms with Crippen LogP contribution < -0.4 is 15.4 Å². The molecule has 0 aromatic heterocycles. The number of benzene rings is 1. The van der Waals surface area contributed by atoms with Crippen molar-refractivity contribution in [2.24, 2.45) is 11.8 Å². The highest BCUT2D eigenvalue weighted by Crippen LogP contribution is 2.34. The first-order valence-electron chi connectivity index (χ1n) is 7.41. The van der Waals surface area contributed by atoms with Crippen molar-refractivity contribution in [3.05, 3.63) is 17.9 Å². The van der Waals surface area contributed by atoms with Crippen LogP contribution in [0, 0.1) is 17.7 Å². The highest BCUT2D eigenvalue weighted by molar-refractivity contribution is 5.70. The van der Waals surface area contributed by atoms with Crippen LogP contribution in [0.15, 0.2) is 12.1 Å². The number of anilines is 2. The molecule has 1 saturated heterocycles. The molecule has 4 heteroatoms. The summed E-state index contributed by atoms with van der Waals surface area (Å²) >= 11 is 0. The fraction of sp³-hybridized carbons (Fsp3) is 0.625. The molecule has 1 aliphatic heterocycles. The van der Waals surface area contributed by atoms with Crippen molar-refractivity contribution in [1.29, 1.82) is 0 Å². The molecule has 0 spiro atoms. The second kappa shape index (κ2) is 6.33. The Hall–Kier alpha value is -1.45. The minimum Gasteiger partial charge on any atom is -0.494 e. The maximum absolute atomic E-state index is 13.6. The van der Waals surface area contributed by atoms with E-state index in [1.807, 2.05) is 0 Å². The minimum absolute atomic E-state index is 0.263. The van der Waals surface area contributed by atoms with Gasteiger partial charge in [-0.25, -0.2) is 4.39 Å². The molecule has 0 radical (unpaired) electrons. The number of methoxy groups -OCH3 is 1. The van der Waals surface area contributed by atoms with Gasteiger partial charge in [0.1, 0.15) is 0 Å². The van der Waals surface area contributed by atoms with Crippen LogP contribution in [0.2, 0.25) is 0 Å². The molecule has 20 heavy (non-hydrogen) atoms. The van der Waals surface area contributed by atoms with E-state index in [-0.39, 0.29) is 5.75 Å². The number of nitrogen functional groups attached to an aromatic ring is 1. The van der Waals surface area contributed by atoms with Gasteiger partial charge in [0.15, 0.2) is 11.6 Å². The van der Waals surface area contributed by atoms with E-state index < -0.39 is 5.82 Å². The maximum Gasteiger partial charge on any atom is 0.167 e. The summed E-state index contributed by atoms with van der Waals surface area (Å²) in [7, 11) is 1.48. The summed E-state index contributed by atoms with van der Waals surface area (Å²) in [5.74, 6) is 1.35. The van der Waals surface area contributed by atoms with E-state index >= 15 is 0 Å². The maximum atomic E-state index is 13.6. The first-order valence-corrected chi connectivity index (χ1v) is 7.41. The molecule has 0 amide bonds. The Morgan fingerprint density at radius 1 is 1.30 bits per heavy atom. The highest BCUT2D eigenvalue weighted by Gasteiger charge is 2.21. The van der Waals surface area contributed by atoms with Crippen molar-refractivity contribution >= 4 is 11.4 Å². The molecule has 2 N–H and O–H groups in total. The first-order chi connectivity index (χ1) is 9.52. The van der Waals surface area contributed by atoms with Gasteiger partial charge in [0.2, 0.25) is 0 Å². The van der Waals surface area contributed by atoms with E-state index in [0.29, 0.717) is 5.69 Å². The smallest absolute Gasteiger partial charge is 0.167 e. The summed E-state index contributed by atoms with van der Waals surface area (Å²) < 4.78 is 18.7. The van der Waals surface area contributed by atoms with E-state index in [9.17, 15) is 4.39 Å². The molecule has 1 atom stereocenters. The standard InChI is InChI=1S/C16H25FN2O/c1-11(2)12-5-4-7-19(8-6-12)15-10-16(20-3)13(17)9-14(15)18/h9-12H,4-8,18H2,1-3H3. The van der Waals surface area contributed by atoms with Crippen LogP contribution in [0.4, 0.5) is 15.8 Å². The number of halogens is 1. The minimum atomic E-state index is -0.399. The molecule has 1 aliphatic rings. The van der Waals surface area contributed by atoms with Gasteiger partial charge >= 0.3 is 0 Å². The third kappa shape index (κ3) is 3.17. The van der Waals surface area contributed by atoms with Gasteiger partial charge in [-0.1, -0.05) is 13.8 Å². The first kappa shape index (κ1) is 14.9. The second-order valence-electron chi connectivity index (χ2n) is 5.97. The number of hydrogen-bond donors (Lipinski definition) is 1. The van der Waals surface area contributed by atoms with E-state index in [4.69, 9.17) is 10.5 Å². The number of nitrogens with zero attached hydrogens (tertiary/aromatic N) is 1. The molecular formula is C16H25FN2O. The average molecular weight is 280 g/mol. The van der Waals surface area contributed by atoms with Crippen LogP contribution in [0.1, 0.15) is 33.1 Å². The molecule has 0 bridgehead atoms. The normalized spacial score (nSPS) is 20.1. The van der Waals surface area contributed by atoms with Crippen molar-refractivity contribution in [1.82, 2.24) is 0 Å². The Kier molecular flexibility index (Phi) is 4.73. The average Bonchev–Trinajstić information content (AvgIpc) is 2.65. The summed E-state index contributed by atoms with van der Waals surface area (Å²) in [5.41, 5.74) is 7.37. The summed E-state index contributed by atoms with van der Waals surface area (Å²) in [6, 6.07) is 3.08. The van der Waals surface area contributed by atoms with E-state index in [1.54, 1.807) is 6.07 Å². The van der Waals surface area contributed by atoms with Crippen LogP contribution in [0.3, 0.4) is 0 Å². The van der Waals surface area contributed by atoms with Gasteiger partial charge in [-0.2, -0.15) is 0 Å². The molecule has 1 aromatic rings. The zero-order chi connectivity index (χ0) is 14.7. The van der Waals surface area contributed by atoms with Gasteiger partial charge in [0.25, 0.3) is 0 Å². The SMILES string of the molecule is COc1cc(N2CCCC(C(C)C)CC2)c(N)cc1F. The Balaban J connectivity index is 2.19. The van der Waals surface area contributed by atoms with E-state index in [0.717, 1.165) is 43.5 Å². The van der Waals surface area contributed by atoms with Crippen molar-refractivity contribution in [2.45, 2.75) is 33.1 Å². The van der Waals surface area contributed by atoms with E-state index in [1.165, 1.54) is 19.6 Å². The molecule has 1 aromatic carbocycles. The van der Waals surface area contributed by atoms with Crippen molar-refractivity contribution in [3.8, 4) is 5.75 Å². The second-order valence-corrected chi connectivity index (χ2v) is 5.97. The Morgan fingerprint density at radius 2 is 2.05 bits per heavy atom. The Labute approximate surface area is 120 Å². The molecule has 0 aliphatic carbocycles. The lowest BCUT2D eigenvalue weighted by Gasteiger charge is -2.25. The van der Waals surface area contributed by atoms with Crippen molar-refractivity contribution < 1.29 is 9.13 Å². The lowest BCUT2D eigenvalue weighted by Crippen LogP contribution is -2.25. The Bertz CT molecular complexity index is 462. The van der Waals surface area contributed by atoms with Crippen LogP contribution in [-0.4, -0.2) is 20.2 Å². The Morgan fingerprint density at radius 3 is 2.70 bits per heavy atom. The molecule has 1 fully saturated rings. The van der Waals surface area contributed by atoms with Gasteiger partial charge in [-0.15, -0.1) is 0 Å². The van der Waals surface area contributed by atoms with Crippen LogP contribution in [0.5, 0.6) is 5.75 Å². The predicted octanol–water partition coefficient (Wildman–Crippen LogP) is 3.68. The molecular weight excluding hydrogens is 255 g/mol. The zero-order valence-electron chi connectivity index (χ0n) is 12.7. The highest BCUT2D eigenvalue weighted by atomic mass is 19.1. The molecule has 1 heterocycles. The van der Waals surface area contributed by atoms with Gasteiger partial charge in [-0.05, 0) is 31.1 Å². The van der Waals surface area contributed by atoms with Crippen molar-refractivity contribution in [3.63, 3.8) is 0 Å². The third-order valence-corrected chi connectivity index (χ3v) is 4.36. The lowest BCUT2D eigenvalue weighted by molar-refractivity contribution is 0.351.